The van der Waals surface area contributed by atoms with Gasteiger partial charge in [0.15, 0.2) is 0 Å². The van der Waals surface area contributed by atoms with Gasteiger partial charge in [-0.05, 0) is 24.3 Å². The van der Waals surface area contributed by atoms with Gasteiger partial charge >= 0.3 is 0 Å². The highest BCUT2D eigenvalue weighted by Crippen LogP contribution is 2.32. The Balaban J connectivity index is 1.91. The molecule has 0 aliphatic heterocycles. The second kappa shape index (κ2) is 6.03. The van der Waals surface area contributed by atoms with Crippen LogP contribution in [0.3, 0.4) is 0 Å². The van der Waals surface area contributed by atoms with Crippen LogP contribution in [0.25, 0.3) is 0 Å². The Kier molecular flexibility index (Phi) is 4.40. The molecule has 1 aromatic rings. The van der Waals surface area contributed by atoms with Crippen molar-refractivity contribution in [2.24, 2.45) is 11.8 Å². The summed E-state index contributed by atoms with van der Waals surface area (Å²) in [5, 5.41) is 0. The van der Waals surface area contributed by atoms with Gasteiger partial charge in [-0.15, -0.1) is 0 Å². The third-order valence-electron chi connectivity index (χ3n) is 4.14. The Labute approximate surface area is 110 Å². The van der Waals surface area contributed by atoms with E-state index >= 15 is 0 Å². The maximum absolute atomic E-state index is 12.4. The predicted octanol–water partition coefficient (Wildman–Crippen LogP) is 3.47. The van der Waals surface area contributed by atoms with Crippen molar-refractivity contribution >= 4 is 5.91 Å². The Hall–Kier alpha value is -1.31. The molecule has 0 aromatic heterocycles. The Bertz CT molecular complexity index is 381. The highest BCUT2D eigenvalue weighted by atomic mass is 16.2. The maximum atomic E-state index is 12.4. The molecule has 0 heterocycles. The Morgan fingerprint density at radius 3 is 2.50 bits per heavy atom. The van der Waals surface area contributed by atoms with Gasteiger partial charge in [0.05, 0.1) is 0 Å². The summed E-state index contributed by atoms with van der Waals surface area (Å²) in [4.78, 5) is 14.2. The van der Waals surface area contributed by atoms with Crippen LogP contribution in [-0.2, 0) is 11.3 Å². The molecule has 0 radical (unpaired) electrons. The molecule has 1 unspecified atom stereocenters. The molecule has 98 valence electrons. The number of carbonyl (C=O) groups is 1. The van der Waals surface area contributed by atoms with Crippen LogP contribution in [0.2, 0.25) is 0 Å². The van der Waals surface area contributed by atoms with Crippen molar-refractivity contribution in [1.29, 1.82) is 0 Å². The van der Waals surface area contributed by atoms with Crippen molar-refractivity contribution in [3.63, 3.8) is 0 Å². The summed E-state index contributed by atoms with van der Waals surface area (Å²) in [5.41, 5.74) is 1.20. The van der Waals surface area contributed by atoms with Crippen molar-refractivity contribution in [2.45, 2.75) is 39.2 Å². The molecule has 1 atom stereocenters. The summed E-state index contributed by atoms with van der Waals surface area (Å²) in [6, 6.07) is 10.2. The molecule has 0 saturated heterocycles. The number of carbonyl (C=O) groups excluding carboxylic acids is 1. The molecular formula is C16H23NO. The van der Waals surface area contributed by atoms with Gasteiger partial charge < -0.3 is 4.90 Å². The van der Waals surface area contributed by atoms with E-state index in [0.29, 0.717) is 11.8 Å². The van der Waals surface area contributed by atoms with E-state index < -0.39 is 0 Å². The third-order valence-corrected chi connectivity index (χ3v) is 4.14. The molecule has 1 aliphatic carbocycles. The molecule has 0 spiro atoms. The van der Waals surface area contributed by atoms with Crippen LogP contribution in [0.5, 0.6) is 0 Å². The average molecular weight is 245 g/mol. The molecule has 1 saturated carbocycles. The summed E-state index contributed by atoms with van der Waals surface area (Å²) >= 11 is 0. The molecule has 2 nitrogen and oxygen atoms in total. The van der Waals surface area contributed by atoms with Gasteiger partial charge in [-0.2, -0.15) is 0 Å². The number of nitrogens with zero attached hydrogens (tertiary/aromatic N) is 1. The lowest BCUT2D eigenvalue weighted by Crippen LogP contribution is -2.34. The fraction of sp³-hybridized carbons (Fsp3) is 0.562. The van der Waals surface area contributed by atoms with Crippen LogP contribution in [0.4, 0.5) is 0 Å². The first-order valence-corrected chi connectivity index (χ1v) is 6.97. The van der Waals surface area contributed by atoms with E-state index in [1.54, 1.807) is 0 Å². The van der Waals surface area contributed by atoms with Crippen LogP contribution >= 0.6 is 0 Å². The molecule has 18 heavy (non-hydrogen) atoms. The van der Waals surface area contributed by atoms with Crippen molar-refractivity contribution in [2.75, 3.05) is 7.05 Å². The SMILES string of the molecule is CC(C(=O)N(C)Cc1ccccc1)C1CCCC1. The van der Waals surface area contributed by atoms with Crippen molar-refractivity contribution in [1.82, 2.24) is 4.90 Å². The molecule has 1 fully saturated rings. The molecule has 2 rings (SSSR count). The monoisotopic (exact) mass is 245 g/mol. The number of amides is 1. The van der Waals surface area contributed by atoms with Crippen LogP contribution < -0.4 is 0 Å². The molecule has 2 heteroatoms. The van der Waals surface area contributed by atoms with E-state index in [1.807, 2.05) is 30.1 Å². The lowest BCUT2D eigenvalue weighted by molar-refractivity contribution is -0.135. The smallest absolute Gasteiger partial charge is 0.225 e. The van der Waals surface area contributed by atoms with Crippen LogP contribution in [0.15, 0.2) is 30.3 Å². The standard InChI is InChI=1S/C16H23NO/c1-13(15-10-6-7-11-15)16(18)17(2)12-14-8-4-3-5-9-14/h3-5,8-9,13,15H,6-7,10-12H2,1-2H3. The van der Waals surface area contributed by atoms with E-state index in [0.717, 1.165) is 6.54 Å². The summed E-state index contributed by atoms with van der Waals surface area (Å²) < 4.78 is 0. The third kappa shape index (κ3) is 3.12. The van der Waals surface area contributed by atoms with Gasteiger partial charge in [0.1, 0.15) is 0 Å². The van der Waals surface area contributed by atoms with E-state index in [-0.39, 0.29) is 5.92 Å². The number of benzene rings is 1. The van der Waals surface area contributed by atoms with Crippen molar-refractivity contribution in [3.8, 4) is 0 Å². The summed E-state index contributed by atoms with van der Waals surface area (Å²) in [7, 11) is 1.92. The summed E-state index contributed by atoms with van der Waals surface area (Å²) in [6.07, 6.45) is 5.05. The normalized spacial score (nSPS) is 17.7. The zero-order chi connectivity index (χ0) is 13.0. The molecule has 1 amide bonds. The first-order valence-electron chi connectivity index (χ1n) is 6.97. The lowest BCUT2D eigenvalue weighted by Gasteiger charge is -2.25. The molecule has 1 aliphatic rings. The van der Waals surface area contributed by atoms with Gasteiger partial charge in [0, 0.05) is 19.5 Å². The molecule has 1 aromatic carbocycles. The highest BCUT2D eigenvalue weighted by molar-refractivity contribution is 5.78. The Morgan fingerprint density at radius 2 is 1.89 bits per heavy atom. The minimum absolute atomic E-state index is 0.182. The van der Waals surface area contributed by atoms with Crippen molar-refractivity contribution in [3.05, 3.63) is 35.9 Å². The maximum Gasteiger partial charge on any atom is 0.225 e. The average Bonchev–Trinajstić information content (AvgIpc) is 2.92. The van der Waals surface area contributed by atoms with Gasteiger partial charge in [0.2, 0.25) is 5.91 Å². The largest absolute Gasteiger partial charge is 0.341 e. The van der Waals surface area contributed by atoms with Gasteiger partial charge in [0.25, 0.3) is 0 Å². The zero-order valence-corrected chi connectivity index (χ0v) is 11.4. The number of hydrogen-bond donors (Lipinski definition) is 0. The van der Waals surface area contributed by atoms with Gasteiger partial charge in [-0.1, -0.05) is 50.1 Å². The van der Waals surface area contributed by atoms with Gasteiger partial charge in [-0.3, -0.25) is 4.79 Å². The Morgan fingerprint density at radius 1 is 1.28 bits per heavy atom. The van der Waals surface area contributed by atoms with E-state index in [2.05, 4.69) is 19.1 Å². The number of hydrogen-bond acceptors (Lipinski definition) is 1. The van der Waals surface area contributed by atoms with E-state index in [4.69, 9.17) is 0 Å². The second-order valence-corrected chi connectivity index (χ2v) is 5.51. The summed E-state index contributed by atoms with van der Waals surface area (Å²) in [6.45, 7) is 2.82. The second-order valence-electron chi connectivity index (χ2n) is 5.51. The van der Waals surface area contributed by atoms with Crippen LogP contribution in [0.1, 0.15) is 38.2 Å². The number of rotatable bonds is 4. The van der Waals surface area contributed by atoms with Crippen LogP contribution in [0, 0.1) is 11.8 Å². The first-order chi connectivity index (χ1) is 8.68. The predicted molar refractivity (Wildman–Crippen MR) is 74.0 cm³/mol. The quantitative estimate of drug-likeness (QED) is 0.795. The minimum Gasteiger partial charge on any atom is -0.341 e. The molecule has 0 N–H and O–H groups in total. The van der Waals surface area contributed by atoms with Crippen molar-refractivity contribution < 1.29 is 4.79 Å². The fourth-order valence-corrected chi connectivity index (χ4v) is 2.94. The lowest BCUT2D eigenvalue weighted by atomic mass is 9.91. The molecule has 0 bridgehead atoms. The molecular weight excluding hydrogens is 222 g/mol. The van der Waals surface area contributed by atoms with E-state index in [9.17, 15) is 4.79 Å². The summed E-state index contributed by atoms with van der Waals surface area (Å²) in [5.74, 6) is 1.09. The minimum atomic E-state index is 0.182. The van der Waals surface area contributed by atoms with Crippen LogP contribution in [-0.4, -0.2) is 17.9 Å². The zero-order valence-electron chi connectivity index (χ0n) is 11.4. The topological polar surface area (TPSA) is 20.3 Å². The fourth-order valence-electron chi connectivity index (χ4n) is 2.94. The van der Waals surface area contributed by atoms with E-state index in [1.165, 1.54) is 31.2 Å². The highest BCUT2D eigenvalue weighted by Gasteiger charge is 2.28. The first kappa shape index (κ1) is 13.1. The van der Waals surface area contributed by atoms with Gasteiger partial charge in [-0.25, -0.2) is 0 Å².